The minimum absolute atomic E-state index is 0.0838. The van der Waals surface area contributed by atoms with Crippen LogP contribution in [0.1, 0.15) is 33.6 Å². The molecule has 0 aromatic heterocycles. The number of esters is 1. The van der Waals surface area contributed by atoms with Gasteiger partial charge in [0.05, 0.1) is 5.92 Å². The van der Waals surface area contributed by atoms with Crippen molar-refractivity contribution in [2.24, 2.45) is 5.92 Å². The van der Waals surface area contributed by atoms with Gasteiger partial charge in [-0.3, -0.25) is 4.79 Å². The second-order valence-corrected chi connectivity index (χ2v) is 3.05. The average molecular weight is 174 g/mol. The van der Waals surface area contributed by atoms with Crippen LogP contribution in [0.5, 0.6) is 0 Å². The number of carbonyl (C=O) groups is 1. The molecule has 0 fully saturated rings. The second kappa shape index (κ2) is 6.00. The van der Waals surface area contributed by atoms with Crippen molar-refractivity contribution in [3.05, 3.63) is 0 Å². The summed E-state index contributed by atoms with van der Waals surface area (Å²) in [6.07, 6.45) is 1.34. The molecule has 0 aromatic rings. The Balaban J connectivity index is 3.77. The highest BCUT2D eigenvalue weighted by Gasteiger charge is 2.14. The highest BCUT2D eigenvalue weighted by atomic mass is 16.7. The molecule has 0 bridgehead atoms. The zero-order valence-electron chi connectivity index (χ0n) is 8.29. The third-order valence-corrected chi connectivity index (χ3v) is 1.51. The summed E-state index contributed by atoms with van der Waals surface area (Å²) in [5.41, 5.74) is 0. The molecule has 0 aromatic carbocycles. The molecular weight excluding hydrogens is 156 g/mol. The van der Waals surface area contributed by atoms with Crippen LogP contribution in [0, 0.1) is 5.92 Å². The summed E-state index contributed by atoms with van der Waals surface area (Å²) in [7, 11) is 1.55. The Kier molecular flexibility index (Phi) is 5.72. The molecule has 0 amide bonds. The summed E-state index contributed by atoms with van der Waals surface area (Å²) in [4.78, 5) is 11.1. The summed E-state index contributed by atoms with van der Waals surface area (Å²) < 4.78 is 10.0. The van der Waals surface area contributed by atoms with Crippen molar-refractivity contribution >= 4 is 5.97 Å². The van der Waals surface area contributed by atoms with Gasteiger partial charge in [0.25, 0.3) is 0 Å². The van der Waals surface area contributed by atoms with Gasteiger partial charge in [0.1, 0.15) is 0 Å². The maximum Gasteiger partial charge on any atom is 0.310 e. The van der Waals surface area contributed by atoms with E-state index in [2.05, 4.69) is 0 Å². The van der Waals surface area contributed by atoms with Gasteiger partial charge in [-0.2, -0.15) is 0 Å². The Bertz CT molecular complexity index is 132. The lowest BCUT2D eigenvalue weighted by Gasteiger charge is -2.16. The van der Waals surface area contributed by atoms with E-state index in [9.17, 15) is 4.79 Å². The summed E-state index contributed by atoms with van der Waals surface area (Å²) in [5, 5.41) is 0. The number of hydrogen-bond donors (Lipinski definition) is 0. The van der Waals surface area contributed by atoms with E-state index in [0.29, 0.717) is 0 Å². The van der Waals surface area contributed by atoms with E-state index < -0.39 is 0 Å². The molecule has 1 unspecified atom stereocenters. The third-order valence-electron chi connectivity index (χ3n) is 1.51. The van der Waals surface area contributed by atoms with Gasteiger partial charge in [0.15, 0.2) is 0 Å². The van der Waals surface area contributed by atoms with Crippen LogP contribution in [0.25, 0.3) is 0 Å². The molecule has 3 heteroatoms. The number of hydrogen-bond acceptors (Lipinski definition) is 3. The molecule has 0 radical (unpaired) electrons. The van der Waals surface area contributed by atoms with Crippen molar-refractivity contribution in [1.29, 1.82) is 0 Å². The highest BCUT2D eigenvalue weighted by Crippen LogP contribution is 2.06. The van der Waals surface area contributed by atoms with Gasteiger partial charge in [-0.1, -0.05) is 27.2 Å². The summed E-state index contributed by atoms with van der Waals surface area (Å²) in [6.45, 7) is 5.64. The molecule has 0 saturated carbocycles. The van der Waals surface area contributed by atoms with E-state index in [0.717, 1.165) is 12.8 Å². The first-order valence-electron chi connectivity index (χ1n) is 4.35. The first-order valence-corrected chi connectivity index (χ1v) is 4.35. The van der Waals surface area contributed by atoms with Crippen molar-refractivity contribution in [2.45, 2.75) is 39.9 Å². The predicted molar refractivity (Wildman–Crippen MR) is 46.6 cm³/mol. The lowest BCUT2D eigenvalue weighted by molar-refractivity contribution is -0.178. The van der Waals surface area contributed by atoms with Crippen LogP contribution >= 0.6 is 0 Å². The molecule has 0 heterocycles. The van der Waals surface area contributed by atoms with Crippen LogP contribution in [0.15, 0.2) is 0 Å². The lowest BCUT2D eigenvalue weighted by atomic mass is 10.2. The van der Waals surface area contributed by atoms with Crippen molar-refractivity contribution in [3.8, 4) is 0 Å². The fourth-order valence-electron chi connectivity index (χ4n) is 0.726. The first-order chi connectivity index (χ1) is 5.61. The summed E-state index contributed by atoms with van der Waals surface area (Å²) >= 11 is 0. The van der Waals surface area contributed by atoms with Crippen LogP contribution in [-0.2, 0) is 14.3 Å². The molecule has 0 aliphatic heterocycles. The lowest BCUT2D eigenvalue weighted by Crippen LogP contribution is -2.22. The highest BCUT2D eigenvalue weighted by molar-refractivity contribution is 5.71. The summed E-state index contributed by atoms with van der Waals surface area (Å²) in [5.74, 6) is -0.283. The minimum Gasteiger partial charge on any atom is -0.436 e. The van der Waals surface area contributed by atoms with Gasteiger partial charge in [-0.15, -0.1) is 0 Å². The third kappa shape index (κ3) is 4.34. The van der Waals surface area contributed by atoms with E-state index in [1.165, 1.54) is 0 Å². The number of rotatable bonds is 5. The van der Waals surface area contributed by atoms with E-state index in [-0.39, 0.29) is 18.2 Å². The number of methoxy groups -OCH3 is 1. The van der Waals surface area contributed by atoms with Crippen LogP contribution < -0.4 is 0 Å². The van der Waals surface area contributed by atoms with Crippen LogP contribution in [0.2, 0.25) is 0 Å². The molecule has 0 aliphatic carbocycles. The van der Waals surface area contributed by atoms with E-state index >= 15 is 0 Å². The quantitative estimate of drug-likeness (QED) is 0.472. The summed E-state index contributed by atoms with van der Waals surface area (Å²) in [6, 6.07) is 0. The van der Waals surface area contributed by atoms with E-state index in [1.54, 1.807) is 21.0 Å². The molecule has 1 atom stereocenters. The maximum atomic E-state index is 11.1. The molecule has 72 valence electrons. The van der Waals surface area contributed by atoms with Gasteiger partial charge < -0.3 is 9.47 Å². The van der Waals surface area contributed by atoms with Gasteiger partial charge >= 0.3 is 5.97 Å². The maximum absolute atomic E-state index is 11.1. The fraction of sp³-hybridized carbons (Fsp3) is 0.889. The van der Waals surface area contributed by atoms with Crippen LogP contribution in [-0.4, -0.2) is 19.4 Å². The van der Waals surface area contributed by atoms with E-state index in [4.69, 9.17) is 9.47 Å². The average Bonchev–Trinajstić information content (AvgIpc) is 2.03. The zero-order valence-corrected chi connectivity index (χ0v) is 8.29. The predicted octanol–water partition coefficient (Wildman–Crippen LogP) is 1.96. The number of ether oxygens (including phenoxy) is 2. The molecular formula is C9H18O3. The zero-order chi connectivity index (χ0) is 9.56. The monoisotopic (exact) mass is 174 g/mol. The largest absolute Gasteiger partial charge is 0.436 e. The molecule has 0 spiro atoms. The van der Waals surface area contributed by atoms with Crippen molar-refractivity contribution in [3.63, 3.8) is 0 Å². The van der Waals surface area contributed by atoms with Gasteiger partial charge in [0.2, 0.25) is 6.29 Å². The van der Waals surface area contributed by atoms with Crippen molar-refractivity contribution in [2.75, 3.05) is 7.11 Å². The Morgan fingerprint density at radius 1 is 1.42 bits per heavy atom. The molecule has 0 N–H and O–H groups in total. The van der Waals surface area contributed by atoms with E-state index in [1.807, 2.05) is 6.92 Å². The molecule has 0 rings (SSSR count). The van der Waals surface area contributed by atoms with Crippen molar-refractivity contribution < 1.29 is 14.3 Å². The Hall–Kier alpha value is -0.570. The Morgan fingerprint density at radius 2 is 2.00 bits per heavy atom. The number of carbonyl (C=O) groups excluding carboxylic acids is 1. The van der Waals surface area contributed by atoms with Crippen molar-refractivity contribution in [1.82, 2.24) is 0 Å². The molecule has 0 saturated heterocycles. The normalized spacial score (nSPS) is 13.1. The molecule has 3 nitrogen and oxygen atoms in total. The van der Waals surface area contributed by atoms with Gasteiger partial charge in [-0.05, 0) is 0 Å². The Labute approximate surface area is 74.0 Å². The smallest absolute Gasteiger partial charge is 0.310 e. The second-order valence-electron chi connectivity index (χ2n) is 3.05. The molecule has 0 aliphatic rings. The Morgan fingerprint density at radius 3 is 2.33 bits per heavy atom. The topological polar surface area (TPSA) is 35.5 Å². The SMILES string of the molecule is CCCC(OC)OC(=O)C(C)C. The minimum atomic E-state index is -0.370. The first kappa shape index (κ1) is 11.4. The van der Waals surface area contributed by atoms with Gasteiger partial charge in [0, 0.05) is 13.5 Å². The molecule has 12 heavy (non-hydrogen) atoms. The van der Waals surface area contributed by atoms with Crippen LogP contribution in [0.4, 0.5) is 0 Å². The van der Waals surface area contributed by atoms with Gasteiger partial charge in [-0.25, -0.2) is 0 Å². The standard InChI is InChI=1S/C9H18O3/c1-5-6-8(11-4)12-9(10)7(2)3/h7-8H,5-6H2,1-4H3. The fourth-order valence-corrected chi connectivity index (χ4v) is 0.726. The van der Waals surface area contributed by atoms with Crippen LogP contribution in [0.3, 0.4) is 0 Å².